The molecule has 0 saturated heterocycles. The highest BCUT2D eigenvalue weighted by molar-refractivity contribution is 5.91. The highest BCUT2D eigenvalue weighted by Crippen LogP contribution is 2.00. The predicted octanol–water partition coefficient (Wildman–Crippen LogP) is 1.81. The number of furan rings is 1. The fourth-order valence-corrected chi connectivity index (χ4v) is 0.805. The van der Waals surface area contributed by atoms with Gasteiger partial charge in [-0.25, -0.2) is 0 Å². The van der Waals surface area contributed by atoms with Crippen molar-refractivity contribution in [1.82, 2.24) is 5.32 Å². The molecular formula is C9H13NO2. The first-order chi connectivity index (χ1) is 5.74. The third-order valence-corrected chi connectivity index (χ3v) is 1.73. The standard InChI is InChI=1S/C9H13NO2/c1-3-7(2)10-9(11)8-5-4-6-12-8/h4-7H,3H2,1-2H3,(H,10,11)/t7-/m0/s1. The number of carbonyl (C=O) groups is 1. The fraction of sp³-hybridized carbons (Fsp3) is 0.444. The van der Waals surface area contributed by atoms with Crippen molar-refractivity contribution in [2.45, 2.75) is 26.3 Å². The number of carbonyl (C=O) groups excluding carboxylic acids is 1. The molecule has 0 unspecified atom stereocenters. The average molecular weight is 167 g/mol. The van der Waals surface area contributed by atoms with Gasteiger partial charge in [-0.15, -0.1) is 0 Å². The van der Waals surface area contributed by atoms with Gasteiger partial charge < -0.3 is 9.73 Å². The SMILES string of the molecule is CC[C@H](C)NC(=O)c1ccco1. The molecule has 0 aliphatic heterocycles. The molecule has 0 aliphatic rings. The van der Waals surface area contributed by atoms with Crippen LogP contribution in [0.2, 0.25) is 0 Å². The Morgan fingerprint density at radius 1 is 1.75 bits per heavy atom. The van der Waals surface area contributed by atoms with E-state index in [1.807, 2.05) is 13.8 Å². The molecule has 1 amide bonds. The molecule has 1 heterocycles. The first kappa shape index (κ1) is 8.84. The molecule has 0 saturated carbocycles. The maximum absolute atomic E-state index is 11.3. The van der Waals surface area contributed by atoms with Crippen molar-refractivity contribution >= 4 is 5.91 Å². The van der Waals surface area contributed by atoms with Crippen molar-refractivity contribution in [2.24, 2.45) is 0 Å². The van der Waals surface area contributed by atoms with E-state index in [4.69, 9.17) is 4.42 Å². The van der Waals surface area contributed by atoms with E-state index in [0.717, 1.165) is 6.42 Å². The van der Waals surface area contributed by atoms with E-state index >= 15 is 0 Å². The van der Waals surface area contributed by atoms with Gasteiger partial charge in [-0.3, -0.25) is 4.79 Å². The van der Waals surface area contributed by atoms with E-state index < -0.39 is 0 Å². The third-order valence-electron chi connectivity index (χ3n) is 1.73. The lowest BCUT2D eigenvalue weighted by Crippen LogP contribution is -2.31. The van der Waals surface area contributed by atoms with E-state index in [1.54, 1.807) is 12.1 Å². The monoisotopic (exact) mass is 167 g/mol. The molecule has 3 nitrogen and oxygen atoms in total. The van der Waals surface area contributed by atoms with Gasteiger partial charge in [-0.05, 0) is 25.5 Å². The van der Waals surface area contributed by atoms with Gasteiger partial charge in [0, 0.05) is 6.04 Å². The lowest BCUT2D eigenvalue weighted by molar-refractivity contribution is 0.0911. The summed E-state index contributed by atoms with van der Waals surface area (Å²) in [5.74, 6) is 0.227. The molecule has 1 rings (SSSR count). The summed E-state index contributed by atoms with van der Waals surface area (Å²) in [6.45, 7) is 3.98. The van der Waals surface area contributed by atoms with Crippen LogP contribution < -0.4 is 5.32 Å². The van der Waals surface area contributed by atoms with E-state index in [-0.39, 0.29) is 11.9 Å². The summed E-state index contributed by atoms with van der Waals surface area (Å²) in [5, 5.41) is 2.80. The van der Waals surface area contributed by atoms with Crippen LogP contribution in [-0.4, -0.2) is 11.9 Å². The Labute approximate surface area is 71.8 Å². The zero-order chi connectivity index (χ0) is 8.97. The summed E-state index contributed by atoms with van der Waals surface area (Å²) in [5.41, 5.74) is 0. The normalized spacial score (nSPS) is 12.5. The van der Waals surface area contributed by atoms with Crippen LogP contribution in [0.3, 0.4) is 0 Å². The molecule has 0 bridgehead atoms. The zero-order valence-electron chi connectivity index (χ0n) is 7.33. The van der Waals surface area contributed by atoms with E-state index in [1.165, 1.54) is 6.26 Å². The molecule has 1 N–H and O–H groups in total. The first-order valence-electron chi connectivity index (χ1n) is 4.08. The lowest BCUT2D eigenvalue weighted by atomic mass is 10.2. The van der Waals surface area contributed by atoms with Crippen LogP contribution in [-0.2, 0) is 0 Å². The Morgan fingerprint density at radius 2 is 2.50 bits per heavy atom. The van der Waals surface area contributed by atoms with Crippen molar-refractivity contribution in [2.75, 3.05) is 0 Å². The van der Waals surface area contributed by atoms with Crippen LogP contribution in [0.25, 0.3) is 0 Å². The van der Waals surface area contributed by atoms with E-state index in [9.17, 15) is 4.79 Å². The summed E-state index contributed by atoms with van der Waals surface area (Å²) in [7, 11) is 0. The smallest absolute Gasteiger partial charge is 0.287 e. The largest absolute Gasteiger partial charge is 0.459 e. The van der Waals surface area contributed by atoms with Gasteiger partial charge in [0.2, 0.25) is 0 Å². The highest BCUT2D eigenvalue weighted by Gasteiger charge is 2.09. The number of nitrogens with one attached hydrogen (secondary N) is 1. The van der Waals surface area contributed by atoms with Gasteiger partial charge in [0.1, 0.15) is 0 Å². The van der Waals surface area contributed by atoms with Crippen molar-refractivity contribution in [3.8, 4) is 0 Å². The van der Waals surface area contributed by atoms with Crippen molar-refractivity contribution < 1.29 is 9.21 Å². The second-order valence-corrected chi connectivity index (χ2v) is 2.76. The predicted molar refractivity (Wildman–Crippen MR) is 45.9 cm³/mol. The third kappa shape index (κ3) is 2.12. The molecule has 12 heavy (non-hydrogen) atoms. The van der Waals surface area contributed by atoms with Crippen LogP contribution >= 0.6 is 0 Å². The van der Waals surface area contributed by atoms with Gasteiger partial charge >= 0.3 is 0 Å². The lowest BCUT2D eigenvalue weighted by Gasteiger charge is -2.08. The van der Waals surface area contributed by atoms with Crippen LogP contribution in [0.5, 0.6) is 0 Å². The summed E-state index contributed by atoms with van der Waals surface area (Å²) < 4.78 is 4.93. The topological polar surface area (TPSA) is 42.2 Å². The Morgan fingerprint density at radius 3 is 3.00 bits per heavy atom. The molecule has 1 aromatic rings. The van der Waals surface area contributed by atoms with Crippen LogP contribution in [0.1, 0.15) is 30.8 Å². The van der Waals surface area contributed by atoms with Gasteiger partial charge in [0.05, 0.1) is 6.26 Å². The Hall–Kier alpha value is -1.25. The minimum absolute atomic E-state index is 0.144. The molecule has 1 aromatic heterocycles. The maximum Gasteiger partial charge on any atom is 0.287 e. The molecule has 0 aromatic carbocycles. The van der Waals surface area contributed by atoms with Gasteiger partial charge in [-0.2, -0.15) is 0 Å². The van der Waals surface area contributed by atoms with Gasteiger partial charge in [0.25, 0.3) is 5.91 Å². The fourth-order valence-electron chi connectivity index (χ4n) is 0.805. The Kier molecular flexibility index (Phi) is 2.91. The molecule has 3 heteroatoms. The van der Waals surface area contributed by atoms with E-state index in [0.29, 0.717) is 5.76 Å². The Balaban J connectivity index is 2.50. The Bertz CT molecular complexity index is 241. The first-order valence-corrected chi connectivity index (χ1v) is 4.08. The minimum Gasteiger partial charge on any atom is -0.459 e. The number of rotatable bonds is 3. The van der Waals surface area contributed by atoms with Crippen molar-refractivity contribution in [3.05, 3.63) is 24.2 Å². The summed E-state index contributed by atoms with van der Waals surface area (Å²) >= 11 is 0. The maximum atomic E-state index is 11.3. The zero-order valence-corrected chi connectivity index (χ0v) is 7.33. The molecule has 0 radical (unpaired) electrons. The molecular weight excluding hydrogens is 154 g/mol. The highest BCUT2D eigenvalue weighted by atomic mass is 16.3. The van der Waals surface area contributed by atoms with Crippen molar-refractivity contribution in [3.63, 3.8) is 0 Å². The summed E-state index contributed by atoms with van der Waals surface area (Å²) in [6.07, 6.45) is 2.41. The second-order valence-electron chi connectivity index (χ2n) is 2.76. The molecule has 0 spiro atoms. The minimum atomic E-state index is -0.144. The molecule has 0 aliphatic carbocycles. The van der Waals surface area contributed by atoms with E-state index in [2.05, 4.69) is 5.32 Å². The summed E-state index contributed by atoms with van der Waals surface area (Å²) in [4.78, 5) is 11.3. The number of hydrogen-bond acceptors (Lipinski definition) is 2. The van der Waals surface area contributed by atoms with Crippen LogP contribution in [0, 0.1) is 0 Å². The van der Waals surface area contributed by atoms with Gasteiger partial charge in [-0.1, -0.05) is 6.92 Å². The number of hydrogen-bond donors (Lipinski definition) is 1. The number of amides is 1. The molecule has 0 fully saturated rings. The average Bonchev–Trinajstić information content (AvgIpc) is 2.56. The van der Waals surface area contributed by atoms with Crippen LogP contribution in [0.4, 0.5) is 0 Å². The van der Waals surface area contributed by atoms with Gasteiger partial charge in [0.15, 0.2) is 5.76 Å². The van der Waals surface area contributed by atoms with Crippen LogP contribution in [0.15, 0.2) is 22.8 Å². The summed E-state index contributed by atoms with van der Waals surface area (Å²) in [6, 6.07) is 3.55. The molecule has 66 valence electrons. The van der Waals surface area contributed by atoms with Crippen molar-refractivity contribution in [1.29, 1.82) is 0 Å². The quantitative estimate of drug-likeness (QED) is 0.746. The molecule has 1 atom stereocenters. The second kappa shape index (κ2) is 3.95.